The minimum atomic E-state index is -4.48. The Morgan fingerprint density at radius 2 is 2.00 bits per heavy atom. The second-order valence-corrected chi connectivity index (χ2v) is 8.44. The number of hydrogen-bond acceptors (Lipinski definition) is 5. The fraction of sp³-hybridized carbons (Fsp3) is 0.476. The van der Waals surface area contributed by atoms with Crippen LogP contribution in [0.1, 0.15) is 22.9 Å². The molecule has 1 N–H and O–H groups in total. The van der Waals surface area contributed by atoms with Gasteiger partial charge in [0.15, 0.2) is 0 Å². The number of ether oxygens (including phenoxy) is 1. The maximum Gasteiger partial charge on any atom is 0.416 e. The lowest BCUT2D eigenvalue weighted by Crippen LogP contribution is -2.40. The Hall–Kier alpha value is -2.10. The average molecular weight is 442 g/mol. The molecule has 1 amide bonds. The van der Waals surface area contributed by atoms with Gasteiger partial charge in [-0.15, -0.1) is 11.3 Å². The van der Waals surface area contributed by atoms with E-state index in [1.165, 1.54) is 6.07 Å². The van der Waals surface area contributed by atoms with Crippen LogP contribution in [0.15, 0.2) is 29.6 Å². The number of carbonyl (C=O) groups is 1. The summed E-state index contributed by atoms with van der Waals surface area (Å²) in [4.78, 5) is 17.9. The Kier molecular flexibility index (Phi) is 7.05. The zero-order valence-electron chi connectivity index (χ0n) is 17.3. The Bertz CT molecular complexity index is 879. The van der Waals surface area contributed by atoms with Crippen LogP contribution >= 0.6 is 11.3 Å². The van der Waals surface area contributed by atoms with Crippen LogP contribution in [0.3, 0.4) is 0 Å². The van der Waals surface area contributed by atoms with Gasteiger partial charge >= 0.3 is 6.18 Å². The van der Waals surface area contributed by atoms with E-state index in [1.807, 2.05) is 35.2 Å². The normalized spacial score (nSPS) is 16.0. The van der Waals surface area contributed by atoms with Gasteiger partial charge in [-0.25, -0.2) is 0 Å². The summed E-state index contributed by atoms with van der Waals surface area (Å²) >= 11 is 1.62. The predicted molar refractivity (Wildman–Crippen MR) is 113 cm³/mol. The number of alkyl halides is 3. The lowest BCUT2D eigenvalue weighted by atomic mass is 10.1. The number of carbonyl (C=O) groups excluding carboxylic acids is 1. The number of hydrogen-bond donors (Lipinski definition) is 1. The van der Waals surface area contributed by atoms with Gasteiger partial charge in [-0.05, 0) is 56.1 Å². The fourth-order valence-corrected chi connectivity index (χ4v) is 4.23. The van der Waals surface area contributed by atoms with Gasteiger partial charge in [-0.3, -0.25) is 9.69 Å². The zero-order chi connectivity index (χ0) is 21.9. The van der Waals surface area contributed by atoms with Gasteiger partial charge in [-0.2, -0.15) is 13.2 Å². The van der Waals surface area contributed by atoms with Gasteiger partial charge < -0.3 is 15.0 Å². The van der Waals surface area contributed by atoms with Gasteiger partial charge in [-0.1, -0.05) is 0 Å². The number of anilines is 2. The molecule has 1 fully saturated rings. The van der Waals surface area contributed by atoms with E-state index in [9.17, 15) is 18.0 Å². The maximum atomic E-state index is 13.3. The van der Waals surface area contributed by atoms with Crippen LogP contribution in [0, 0.1) is 6.92 Å². The van der Waals surface area contributed by atoms with Gasteiger partial charge in [0.25, 0.3) is 0 Å². The molecule has 3 rings (SSSR count). The number of rotatable bonds is 6. The minimum absolute atomic E-state index is 0.171. The van der Waals surface area contributed by atoms with Gasteiger partial charge in [0, 0.05) is 24.5 Å². The predicted octanol–water partition coefficient (Wildman–Crippen LogP) is 4.37. The van der Waals surface area contributed by atoms with Crippen molar-refractivity contribution in [1.29, 1.82) is 0 Å². The molecule has 5 nitrogen and oxygen atoms in total. The smallest absolute Gasteiger partial charge is 0.378 e. The summed E-state index contributed by atoms with van der Waals surface area (Å²) < 4.78 is 45.1. The Balaban J connectivity index is 1.80. The highest BCUT2D eigenvalue weighted by atomic mass is 32.1. The summed E-state index contributed by atoms with van der Waals surface area (Å²) in [5.41, 5.74) is 1.12. The highest BCUT2D eigenvalue weighted by Gasteiger charge is 2.32. The number of amides is 1. The summed E-state index contributed by atoms with van der Waals surface area (Å²) in [6.07, 6.45) is -4.48. The molecule has 1 saturated heterocycles. The first-order valence-electron chi connectivity index (χ1n) is 9.75. The highest BCUT2D eigenvalue weighted by molar-refractivity contribution is 7.10. The van der Waals surface area contributed by atoms with Gasteiger partial charge in [0.2, 0.25) is 5.91 Å². The molecule has 30 heavy (non-hydrogen) atoms. The molecule has 9 heteroatoms. The van der Waals surface area contributed by atoms with E-state index in [-0.39, 0.29) is 11.6 Å². The summed E-state index contributed by atoms with van der Waals surface area (Å²) in [7, 11) is 1.83. The third kappa shape index (κ3) is 5.33. The van der Waals surface area contributed by atoms with E-state index in [0.717, 1.165) is 22.6 Å². The number of halogens is 3. The molecule has 2 heterocycles. The maximum absolute atomic E-state index is 13.3. The van der Waals surface area contributed by atoms with Crippen LogP contribution in [0.5, 0.6) is 0 Å². The summed E-state index contributed by atoms with van der Waals surface area (Å²) in [6.45, 7) is 6.46. The quantitative estimate of drug-likeness (QED) is 0.723. The Morgan fingerprint density at radius 1 is 1.30 bits per heavy atom. The third-order valence-corrected chi connectivity index (χ3v) is 6.34. The lowest BCUT2D eigenvalue weighted by Gasteiger charge is -2.31. The summed E-state index contributed by atoms with van der Waals surface area (Å²) in [6, 6.07) is 5.00. The van der Waals surface area contributed by atoms with Gasteiger partial charge in [0.1, 0.15) is 0 Å². The van der Waals surface area contributed by atoms with Crippen molar-refractivity contribution in [3.63, 3.8) is 0 Å². The molecule has 164 valence electrons. The van der Waals surface area contributed by atoms with Crippen molar-refractivity contribution in [2.75, 3.05) is 43.6 Å². The third-order valence-electron chi connectivity index (χ3n) is 5.34. The zero-order valence-corrected chi connectivity index (χ0v) is 18.1. The number of likely N-dealkylation sites (N-methyl/N-ethyl adjacent to an activating group) is 1. The van der Waals surface area contributed by atoms with E-state index >= 15 is 0 Å². The van der Waals surface area contributed by atoms with Crippen molar-refractivity contribution in [3.8, 4) is 0 Å². The molecule has 1 aromatic heterocycles. The topological polar surface area (TPSA) is 44.8 Å². The average Bonchev–Trinajstić information content (AvgIpc) is 3.11. The molecule has 1 aliphatic heterocycles. The number of aryl methyl sites for hydroxylation is 1. The van der Waals surface area contributed by atoms with Crippen molar-refractivity contribution < 1.29 is 22.7 Å². The fourth-order valence-electron chi connectivity index (χ4n) is 3.26. The van der Waals surface area contributed by atoms with Crippen molar-refractivity contribution in [2.45, 2.75) is 32.6 Å². The number of benzene rings is 1. The van der Waals surface area contributed by atoms with Crippen LogP contribution in [0.2, 0.25) is 0 Å². The molecule has 0 bridgehead atoms. The number of nitrogens with one attached hydrogen (secondary N) is 1. The Labute approximate surface area is 178 Å². The molecule has 0 unspecified atom stereocenters. The number of morpholine rings is 1. The molecule has 0 radical (unpaired) electrons. The number of nitrogens with zero attached hydrogens (tertiary/aromatic N) is 2. The molecular formula is C21H26F3N3O2S. The lowest BCUT2D eigenvalue weighted by molar-refractivity contribution is -0.137. The van der Waals surface area contributed by atoms with Crippen LogP contribution in [0.25, 0.3) is 0 Å². The second kappa shape index (κ2) is 9.36. The summed E-state index contributed by atoms with van der Waals surface area (Å²) in [5.74, 6) is -0.347. The van der Waals surface area contributed by atoms with Crippen molar-refractivity contribution in [3.05, 3.63) is 45.6 Å². The van der Waals surface area contributed by atoms with E-state index in [4.69, 9.17) is 4.74 Å². The van der Waals surface area contributed by atoms with Crippen LogP contribution in [0.4, 0.5) is 24.5 Å². The molecule has 1 atom stereocenters. The molecular weight excluding hydrogens is 415 g/mol. The molecule has 0 spiro atoms. The van der Waals surface area contributed by atoms with Crippen molar-refractivity contribution in [2.24, 2.45) is 0 Å². The van der Waals surface area contributed by atoms with Crippen LogP contribution in [-0.4, -0.2) is 50.2 Å². The van der Waals surface area contributed by atoms with Crippen LogP contribution < -0.4 is 10.2 Å². The molecule has 1 aromatic carbocycles. The van der Waals surface area contributed by atoms with E-state index < -0.39 is 17.8 Å². The summed E-state index contributed by atoms with van der Waals surface area (Å²) in [5, 5.41) is 4.74. The second-order valence-electron chi connectivity index (χ2n) is 7.44. The molecule has 0 aliphatic carbocycles. The molecule has 2 aromatic rings. The Morgan fingerprint density at radius 3 is 2.60 bits per heavy atom. The minimum Gasteiger partial charge on any atom is -0.378 e. The first kappa shape index (κ1) is 22.6. The van der Waals surface area contributed by atoms with Crippen molar-refractivity contribution in [1.82, 2.24) is 4.90 Å². The van der Waals surface area contributed by atoms with Crippen LogP contribution in [-0.2, 0) is 22.3 Å². The largest absolute Gasteiger partial charge is 0.416 e. The first-order valence-corrected chi connectivity index (χ1v) is 10.6. The van der Waals surface area contributed by atoms with Crippen molar-refractivity contribution >= 4 is 28.6 Å². The highest BCUT2D eigenvalue weighted by Crippen LogP contribution is 2.36. The first-order chi connectivity index (χ1) is 14.2. The molecule has 1 aliphatic rings. The SMILES string of the molecule is Cc1ccsc1CN(C)[C@H](C)C(=O)Nc1cc(C(F)(F)F)ccc1N1CCOCC1. The monoisotopic (exact) mass is 441 g/mol. The number of thiophene rings is 1. The van der Waals surface area contributed by atoms with E-state index in [1.54, 1.807) is 18.3 Å². The standard InChI is InChI=1S/C21H26F3N3O2S/c1-14-6-11-30-19(14)13-26(3)15(2)20(28)25-17-12-16(21(22,23)24)4-5-18(17)27-7-9-29-10-8-27/h4-6,11-12,15H,7-10,13H2,1-3H3,(H,25,28)/t15-/m1/s1. The molecule has 0 saturated carbocycles. The van der Waals surface area contributed by atoms with Gasteiger partial charge in [0.05, 0.1) is 36.2 Å². The van der Waals surface area contributed by atoms with E-state index in [0.29, 0.717) is 38.5 Å². The van der Waals surface area contributed by atoms with E-state index in [2.05, 4.69) is 5.32 Å².